The maximum atomic E-state index is 12.9. The van der Waals surface area contributed by atoms with Crippen LogP contribution in [0.1, 0.15) is 40.8 Å². The number of aromatic amines is 1. The van der Waals surface area contributed by atoms with Crippen LogP contribution in [0.3, 0.4) is 0 Å². The first-order chi connectivity index (χ1) is 16.3. The van der Waals surface area contributed by atoms with Gasteiger partial charge in [0.1, 0.15) is 6.10 Å². The van der Waals surface area contributed by atoms with Crippen LogP contribution in [0.25, 0.3) is 0 Å². The van der Waals surface area contributed by atoms with E-state index in [1.54, 1.807) is 60.7 Å². The second kappa shape index (κ2) is 9.88. The first-order valence-corrected chi connectivity index (χ1v) is 10.8. The van der Waals surface area contributed by atoms with Gasteiger partial charge in [-0.25, -0.2) is 14.4 Å². The van der Waals surface area contributed by atoms with Gasteiger partial charge in [0.2, 0.25) is 0 Å². The Kier molecular flexibility index (Phi) is 6.74. The predicted octanol–water partition coefficient (Wildman–Crippen LogP) is 2.54. The Balaban J connectivity index is 1.73. The molecular formula is C25H24N2O7. The van der Waals surface area contributed by atoms with E-state index in [0.717, 1.165) is 10.6 Å². The van der Waals surface area contributed by atoms with Crippen LogP contribution in [-0.2, 0) is 14.2 Å². The topological polar surface area (TPSA) is 117 Å². The van der Waals surface area contributed by atoms with Crippen molar-refractivity contribution >= 4 is 11.9 Å². The van der Waals surface area contributed by atoms with E-state index in [1.807, 2.05) is 13.8 Å². The maximum Gasteiger partial charge on any atom is 0.338 e. The normalized spacial score (nSPS) is 21.9. The number of hydrogen-bond acceptors (Lipinski definition) is 7. The average molecular weight is 464 g/mol. The first-order valence-electron chi connectivity index (χ1n) is 10.8. The second-order valence-electron chi connectivity index (χ2n) is 8.22. The molecule has 2 aromatic carbocycles. The van der Waals surface area contributed by atoms with Crippen molar-refractivity contribution in [2.24, 2.45) is 5.92 Å². The van der Waals surface area contributed by atoms with E-state index in [2.05, 4.69) is 4.98 Å². The Bertz CT molecular complexity index is 1270. The van der Waals surface area contributed by atoms with E-state index in [4.69, 9.17) is 14.2 Å². The van der Waals surface area contributed by atoms with Gasteiger partial charge in [-0.2, -0.15) is 0 Å². The molecule has 1 fully saturated rings. The fourth-order valence-electron chi connectivity index (χ4n) is 3.84. The number of nitrogens with one attached hydrogen (secondary N) is 1. The molecular weight excluding hydrogens is 440 g/mol. The first kappa shape index (κ1) is 23.2. The van der Waals surface area contributed by atoms with Crippen molar-refractivity contribution in [3.8, 4) is 0 Å². The number of ether oxygens (including phenoxy) is 3. The van der Waals surface area contributed by atoms with Crippen LogP contribution in [0, 0.1) is 5.92 Å². The molecule has 0 amide bonds. The standard InChI is InChI=1S/C25H24N2O7/c1-15(2)19-20(33-23(29)16-9-5-3-6-10-16)21(34-24(30)17-11-7-4-8-12-17)22(32-19)27-14-13-18(28)26-25(27)31/h3-15,19-22H,1-2H3,(H,26,28,31)/t19-,20-,21?,22+/m0/s1. The minimum absolute atomic E-state index is 0.157. The third-order valence-electron chi connectivity index (χ3n) is 5.51. The van der Waals surface area contributed by atoms with Crippen molar-refractivity contribution in [1.82, 2.24) is 9.55 Å². The van der Waals surface area contributed by atoms with Gasteiger partial charge in [0.05, 0.1) is 11.1 Å². The van der Waals surface area contributed by atoms with Crippen LogP contribution >= 0.6 is 0 Å². The van der Waals surface area contributed by atoms with E-state index < -0.39 is 47.7 Å². The van der Waals surface area contributed by atoms with Gasteiger partial charge in [0.25, 0.3) is 5.56 Å². The van der Waals surface area contributed by atoms with Gasteiger partial charge in [-0.1, -0.05) is 50.2 Å². The molecule has 2 heterocycles. The summed E-state index contributed by atoms with van der Waals surface area (Å²) in [5, 5.41) is 0. The highest BCUT2D eigenvalue weighted by atomic mass is 16.6. The van der Waals surface area contributed by atoms with E-state index in [1.165, 1.54) is 6.20 Å². The Morgan fingerprint density at radius 1 is 0.853 bits per heavy atom. The summed E-state index contributed by atoms with van der Waals surface area (Å²) in [6, 6.07) is 17.9. The molecule has 0 bridgehead atoms. The van der Waals surface area contributed by atoms with Crippen molar-refractivity contribution in [3.05, 3.63) is 105 Å². The zero-order valence-electron chi connectivity index (χ0n) is 18.6. The zero-order valence-corrected chi connectivity index (χ0v) is 18.6. The number of esters is 2. The smallest absolute Gasteiger partial charge is 0.338 e. The van der Waals surface area contributed by atoms with Crippen molar-refractivity contribution in [3.63, 3.8) is 0 Å². The number of nitrogens with zero attached hydrogens (tertiary/aromatic N) is 1. The molecule has 9 heteroatoms. The quantitative estimate of drug-likeness (QED) is 0.557. The van der Waals surface area contributed by atoms with Crippen LogP contribution < -0.4 is 11.2 Å². The summed E-state index contributed by atoms with van der Waals surface area (Å²) in [6.45, 7) is 3.73. The number of H-pyrrole nitrogens is 1. The average Bonchev–Trinajstić information content (AvgIpc) is 3.18. The van der Waals surface area contributed by atoms with E-state index in [9.17, 15) is 19.2 Å². The molecule has 0 spiro atoms. The zero-order chi connectivity index (χ0) is 24.2. The highest BCUT2D eigenvalue weighted by Crippen LogP contribution is 2.37. The summed E-state index contributed by atoms with van der Waals surface area (Å²) in [7, 11) is 0. The van der Waals surface area contributed by atoms with Gasteiger partial charge < -0.3 is 14.2 Å². The molecule has 1 aromatic heterocycles. The molecule has 3 aromatic rings. The van der Waals surface area contributed by atoms with Gasteiger partial charge in [-0.3, -0.25) is 14.3 Å². The van der Waals surface area contributed by atoms with Crippen molar-refractivity contribution in [2.45, 2.75) is 38.4 Å². The lowest BCUT2D eigenvalue weighted by Crippen LogP contribution is -2.43. The molecule has 1 unspecified atom stereocenters. The summed E-state index contributed by atoms with van der Waals surface area (Å²) >= 11 is 0. The summed E-state index contributed by atoms with van der Waals surface area (Å²) in [5.74, 6) is -1.44. The number of aromatic nitrogens is 2. The van der Waals surface area contributed by atoms with Crippen LogP contribution in [0.2, 0.25) is 0 Å². The highest BCUT2D eigenvalue weighted by Gasteiger charge is 2.52. The van der Waals surface area contributed by atoms with Crippen LogP contribution in [0.4, 0.5) is 0 Å². The Hall–Kier alpha value is -3.98. The molecule has 176 valence electrons. The molecule has 4 atom stereocenters. The van der Waals surface area contributed by atoms with E-state index in [-0.39, 0.29) is 11.5 Å². The minimum atomic E-state index is -1.16. The van der Waals surface area contributed by atoms with Gasteiger partial charge >= 0.3 is 17.6 Å². The summed E-state index contributed by atoms with van der Waals surface area (Å²) in [4.78, 5) is 52.1. The molecule has 34 heavy (non-hydrogen) atoms. The molecule has 0 radical (unpaired) electrons. The monoisotopic (exact) mass is 464 g/mol. The lowest BCUT2D eigenvalue weighted by molar-refractivity contribution is -0.0595. The maximum absolute atomic E-state index is 12.9. The van der Waals surface area contributed by atoms with E-state index in [0.29, 0.717) is 5.56 Å². The molecule has 1 N–H and O–H groups in total. The molecule has 9 nitrogen and oxygen atoms in total. The number of benzene rings is 2. The van der Waals surface area contributed by atoms with Gasteiger partial charge in [-0.05, 0) is 30.2 Å². The number of hydrogen-bond donors (Lipinski definition) is 1. The Morgan fingerprint density at radius 3 is 1.88 bits per heavy atom. The lowest BCUT2D eigenvalue weighted by Gasteiger charge is -2.26. The third-order valence-corrected chi connectivity index (χ3v) is 5.51. The highest BCUT2D eigenvalue weighted by molar-refractivity contribution is 5.90. The van der Waals surface area contributed by atoms with E-state index >= 15 is 0 Å². The van der Waals surface area contributed by atoms with Crippen LogP contribution in [-0.4, -0.2) is 39.8 Å². The fourth-order valence-corrected chi connectivity index (χ4v) is 3.84. The molecule has 0 saturated carbocycles. The van der Waals surface area contributed by atoms with Crippen molar-refractivity contribution < 1.29 is 23.8 Å². The Labute approximate surface area is 194 Å². The second-order valence-corrected chi connectivity index (χ2v) is 8.22. The molecule has 0 aliphatic carbocycles. The largest absolute Gasteiger partial charge is 0.452 e. The third kappa shape index (κ3) is 4.84. The Morgan fingerprint density at radius 2 is 1.38 bits per heavy atom. The molecule has 1 aliphatic rings. The van der Waals surface area contributed by atoms with Crippen molar-refractivity contribution in [2.75, 3.05) is 0 Å². The fraction of sp³-hybridized carbons (Fsp3) is 0.280. The SMILES string of the molecule is CC(C)[C@@H]1O[C@@H](n2ccc(=O)[nH]c2=O)C(OC(=O)c2ccccc2)[C@H]1OC(=O)c1ccccc1. The summed E-state index contributed by atoms with van der Waals surface area (Å²) < 4.78 is 18.8. The molecule has 1 saturated heterocycles. The number of carbonyl (C=O) groups is 2. The van der Waals surface area contributed by atoms with Gasteiger partial charge in [0, 0.05) is 12.3 Å². The lowest BCUT2D eigenvalue weighted by atomic mass is 9.99. The summed E-state index contributed by atoms with van der Waals surface area (Å²) in [5.41, 5.74) is -0.709. The summed E-state index contributed by atoms with van der Waals surface area (Å²) in [6.07, 6.45) is -2.72. The minimum Gasteiger partial charge on any atom is -0.452 e. The number of carbonyl (C=O) groups excluding carboxylic acids is 2. The molecule has 4 rings (SSSR count). The van der Waals surface area contributed by atoms with Crippen LogP contribution in [0.5, 0.6) is 0 Å². The molecule has 1 aliphatic heterocycles. The van der Waals surface area contributed by atoms with Gasteiger partial charge in [0.15, 0.2) is 18.4 Å². The van der Waals surface area contributed by atoms with Crippen LogP contribution in [0.15, 0.2) is 82.5 Å². The van der Waals surface area contributed by atoms with Crippen molar-refractivity contribution in [1.29, 1.82) is 0 Å². The predicted molar refractivity (Wildman–Crippen MR) is 121 cm³/mol. The van der Waals surface area contributed by atoms with Gasteiger partial charge in [-0.15, -0.1) is 0 Å². The number of rotatable bonds is 6.